The summed E-state index contributed by atoms with van der Waals surface area (Å²) >= 11 is 0. The summed E-state index contributed by atoms with van der Waals surface area (Å²) in [5.74, 6) is -0.474. The van der Waals surface area contributed by atoms with E-state index in [1.807, 2.05) is 0 Å². The van der Waals surface area contributed by atoms with E-state index in [0.717, 1.165) is 6.26 Å². The number of aliphatic hydroxyl groups is 2. The van der Waals surface area contributed by atoms with Gasteiger partial charge < -0.3 is 20.8 Å². The van der Waals surface area contributed by atoms with Crippen molar-refractivity contribution in [2.75, 3.05) is 25.1 Å². The number of sulfone groups is 1. The highest BCUT2D eigenvalue weighted by atomic mass is 32.2. The van der Waals surface area contributed by atoms with Crippen LogP contribution in [0.5, 0.6) is 0 Å². The van der Waals surface area contributed by atoms with Gasteiger partial charge in [0.1, 0.15) is 0 Å². The second-order valence-corrected chi connectivity index (χ2v) is 6.92. The van der Waals surface area contributed by atoms with Crippen molar-refractivity contribution in [3.63, 3.8) is 0 Å². The molecule has 0 spiro atoms. The number of carbonyl (C=O) groups excluding carboxylic acids is 1. The Balaban J connectivity index is 2.34. The van der Waals surface area contributed by atoms with Crippen LogP contribution in [0.15, 0.2) is 23.1 Å². The van der Waals surface area contributed by atoms with Gasteiger partial charge in [-0.25, -0.2) is 8.42 Å². The Hall–Kier alpha value is -1.64. The molecule has 0 bridgehead atoms. The Morgan fingerprint density at radius 3 is 2.30 bits per heavy atom. The lowest BCUT2D eigenvalue weighted by atomic mass is 10.2. The summed E-state index contributed by atoms with van der Waals surface area (Å²) < 4.78 is 23.0. The molecule has 1 amide bonds. The first-order valence-corrected chi connectivity index (χ1v) is 7.83. The van der Waals surface area contributed by atoms with Crippen molar-refractivity contribution in [3.05, 3.63) is 23.8 Å². The van der Waals surface area contributed by atoms with E-state index in [-0.39, 0.29) is 29.2 Å². The molecule has 0 saturated carbocycles. The number of benzene rings is 1. The van der Waals surface area contributed by atoms with Crippen molar-refractivity contribution in [2.45, 2.75) is 17.1 Å². The van der Waals surface area contributed by atoms with E-state index in [1.165, 1.54) is 23.1 Å². The van der Waals surface area contributed by atoms with Crippen molar-refractivity contribution < 1.29 is 23.4 Å². The van der Waals surface area contributed by atoms with Crippen LogP contribution in [0.1, 0.15) is 10.4 Å². The van der Waals surface area contributed by atoms with Crippen LogP contribution < -0.4 is 5.73 Å². The minimum Gasteiger partial charge on any atom is -0.399 e. The van der Waals surface area contributed by atoms with Gasteiger partial charge in [0.2, 0.25) is 0 Å². The summed E-state index contributed by atoms with van der Waals surface area (Å²) in [6.45, 7) is 0.00597. The molecule has 2 atom stereocenters. The number of rotatable bonds is 2. The van der Waals surface area contributed by atoms with Crippen LogP contribution in [0.4, 0.5) is 5.69 Å². The number of amides is 1. The largest absolute Gasteiger partial charge is 0.399 e. The predicted molar refractivity (Wildman–Crippen MR) is 71.9 cm³/mol. The molecule has 4 N–H and O–H groups in total. The van der Waals surface area contributed by atoms with Gasteiger partial charge in [-0.15, -0.1) is 0 Å². The number of nitrogens with two attached hydrogens (primary N) is 1. The highest BCUT2D eigenvalue weighted by Gasteiger charge is 2.33. The second kappa shape index (κ2) is 5.04. The number of β-amino-alcohol motifs (C(OH)–C–C–N with tert-alkyl or cyclic N) is 2. The number of hydrogen-bond acceptors (Lipinski definition) is 6. The van der Waals surface area contributed by atoms with E-state index in [0.29, 0.717) is 0 Å². The molecular formula is C12H16N2O5S. The molecule has 1 aromatic carbocycles. The fourth-order valence-corrected chi connectivity index (χ4v) is 2.77. The summed E-state index contributed by atoms with van der Waals surface area (Å²) in [6, 6.07) is 3.89. The van der Waals surface area contributed by atoms with Gasteiger partial charge in [0.15, 0.2) is 9.84 Å². The van der Waals surface area contributed by atoms with Crippen molar-refractivity contribution in [2.24, 2.45) is 0 Å². The fraction of sp³-hybridized carbons (Fsp3) is 0.417. The van der Waals surface area contributed by atoms with Crippen molar-refractivity contribution in [1.29, 1.82) is 0 Å². The SMILES string of the molecule is CS(=O)(=O)c1cc(N)cc(C(=O)N2CC(O)C(O)C2)c1. The summed E-state index contributed by atoms with van der Waals surface area (Å²) in [4.78, 5) is 13.4. The zero-order valence-corrected chi connectivity index (χ0v) is 11.7. The lowest BCUT2D eigenvalue weighted by molar-refractivity contribution is 0.0572. The van der Waals surface area contributed by atoms with Gasteiger partial charge in [0.25, 0.3) is 5.91 Å². The third kappa shape index (κ3) is 2.92. The molecular weight excluding hydrogens is 284 g/mol. The van der Waals surface area contributed by atoms with E-state index in [4.69, 9.17) is 5.73 Å². The molecule has 110 valence electrons. The number of nitrogens with zero attached hydrogens (tertiary/aromatic N) is 1. The Bertz CT molecular complexity index is 633. The summed E-state index contributed by atoms with van der Waals surface area (Å²) in [6.07, 6.45) is -0.955. The molecule has 1 aliphatic rings. The number of carbonyl (C=O) groups is 1. The van der Waals surface area contributed by atoms with E-state index < -0.39 is 28.0 Å². The zero-order chi connectivity index (χ0) is 15.1. The van der Waals surface area contributed by atoms with Crippen molar-refractivity contribution >= 4 is 21.4 Å². The van der Waals surface area contributed by atoms with Crippen molar-refractivity contribution in [1.82, 2.24) is 4.90 Å². The molecule has 8 heteroatoms. The lowest BCUT2D eigenvalue weighted by Gasteiger charge is -2.16. The van der Waals surface area contributed by atoms with Gasteiger partial charge in [0, 0.05) is 30.6 Å². The molecule has 2 rings (SSSR count). The fourth-order valence-electron chi connectivity index (χ4n) is 2.08. The Morgan fingerprint density at radius 1 is 1.25 bits per heavy atom. The highest BCUT2D eigenvalue weighted by Crippen LogP contribution is 2.20. The quantitative estimate of drug-likeness (QED) is 0.593. The van der Waals surface area contributed by atoms with E-state index in [2.05, 4.69) is 0 Å². The Morgan fingerprint density at radius 2 is 1.80 bits per heavy atom. The predicted octanol–water partition coefficient (Wildman–Crippen LogP) is -1.15. The second-order valence-electron chi connectivity index (χ2n) is 4.91. The van der Waals surface area contributed by atoms with Gasteiger partial charge in [-0.2, -0.15) is 0 Å². The number of hydrogen-bond donors (Lipinski definition) is 3. The van der Waals surface area contributed by atoms with E-state index in [9.17, 15) is 23.4 Å². The van der Waals surface area contributed by atoms with Crippen LogP contribution in [-0.2, 0) is 9.84 Å². The van der Waals surface area contributed by atoms with Gasteiger partial charge in [-0.3, -0.25) is 4.79 Å². The third-order valence-corrected chi connectivity index (χ3v) is 4.24. The van der Waals surface area contributed by atoms with Crippen LogP contribution in [0, 0.1) is 0 Å². The van der Waals surface area contributed by atoms with Crippen LogP contribution >= 0.6 is 0 Å². The highest BCUT2D eigenvalue weighted by molar-refractivity contribution is 7.90. The molecule has 1 fully saturated rings. The smallest absolute Gasteiger partial charge is 0.254 e. The molecule has 1 saturated heterocycles. The Kier molecular flexibility index (Phi) is 3.72. The minimum absolute atomic E-state index is 0.00298. The molecule has 2 unspecified atom stereocenters. The molecule has 1 aromatic rings. The van der Waals surface area contributed by atoms with Gasteiger partial charge in [-0.05, 0) is 18.2 Å². The standard InChI is InChI=1S/C12H16N2O5S/c1-20(18,19)9-3-7(2-8(13)4-9)12(17)14-5-10(15)11(16)6-14/h2-4,10-11,15-16H,5-6,13H2,1H3. The van der Waals surface area contributed by atoms with E-state index in [1.54, 1.807) is 0 Å². The lowest BCUT2D eigenvalue weighted by Crippen LogP contribution is -2.30. The Labute approximate surface area is 116 Å². The summed E-state index contributed by atoms with van der Waals surface area (Å²) in [7, 11) is -3.48. The molecule has 0 aromatic heterocycles. The zero-order valence-electron chi connectivity index (χ0n) is 10.9. The van der Waals surface area contributed by atoms with E-state index >= 15 is 0 Å². The maximum atomic E-state index is 12.2. The summed E-state index contributed by atoms with van der Waals surface area (Å²) in [5, 5.41) is 18.9. The van der Waals surface area contributed by atoms with Crippen molar-refractivity contribution in [3.8, 4) is 0 Å². The van der Waals surface area contributed by atoms with Gasteiger partial charge in [-0.1, -0.05) is 0 Å². The summed E-state index contributed by atoms with van der Waals surface area (Å²) in [5.41, 5.74) is 5.89. The average molecular weight is 300 g/mol. The molecule has 7 nitrogen and oxygen atoms in total. The maximum Gasteiger partial charge on any atom is 0.254 e. The van der Waals surface area contributed by atoms with Crippen LogP contribution in [0.25, 0.3) is 0 Å². The molecule has 1 heterocycles. The number of nitrogen functional groups attached to an aromatic ring is 1. The van der Waals surface area contributed by atoms with Gasteiger partial charge >= 0.3 is 0 Å². The monoisotopic (exact) mass is 300 g/mol. The first kappa shape index (κ1) is 14.8. The molecule has 20 heavy (non-hydrogen) atoms. The third-order valence-electron chi connectivity index (χ3n) is 3.15. The molecule has 1 aliphatic heterocycles. The topological polar surface area (TPSA) is 121 Å². The number of aliphatic hydroxyl groups excluding tert-OH is 2. The molecule has 0 radical (unpaired) electrons. The minimum atomic E-state index is -3.48. The first-order chi connectivity index (χ1) is 9.18. The van der Waals surface area contributed by atoms with Crippen LogP contribution in [0.3, 0.4) is 0 Å². The number of anilines is 1. The molecule has 0 aliphatic carbocycles. The normalized spacial score (nSPS) is 23.1. The maximum absolute atomic E-state index is 12.2. The average Bonchev–Trinajstić information content (AvgIpc) is 2.67. The number of likely N-dealkylation sites (tertiary alicyclic amines) is 1. The van der Waals surface area contributed by atoms with Crippen LogP contribution in [-0.4, -0.2) is 61.0 Å². The first-order valence-electron chi connectivity index (χ1n) is 5.94. The van der Waals surface area contributed by atoms with Gasteiger partial charge in [0.05, 0.1) is 17.1 Å². The van der Waals surface area contributed by atoms with Crippen LogP contribution in [0.2, 0.25) is 0 Å².